The maximum absolute atomic E-state index is 12.9. The van der Waals surface area contributed by atoms with E-state index in [2.05, 4.69) is 15.2 Å². The Morgan fingerprint density at radius 3 is 2.23 bits per heavy atom. The van der Waals surface area contributed by atoms with Gasteiger partial charge < -0.3 is 0 Å². The first-order chi connectivity index (χ1) is 10.6. The van der Waals surface area contributed by atoms with Crippen molar-refractivity contribution in [3.05, 3.63) is 66.5 Å². The van der Waals surface area contributed by atoms with E-state index in [0.29, 0.717) is 17.0 Å². The van der Waals surface area contributed by atoms with Crippen molar-refractivity contribution in [1.82, 2.24) is 15.2 Å². The van der Waals surface area contributed by atoms with E-state index < -0.39 is 11.7 Å². The van der Waals surface area contributed by atoms with E-state index in [-0.39, 0.29) is 0 Å². The Hall–Kier alpha value is -2.76. The molecule has 0 fully saturated rings. The quantitative estimate of drug-likeness (QED) is 0.711. The number of benzene rings is 2. The lowest BCUT2D eigenvalue weighted by Crippen LogP contribution is -2.05. The van der Waals surface area contributed by atoms with Crippen LogP contribution in [0.1, 0.15) is 5.56 Å². The maximum atomic E-state index is 12.9. The number of hydrogen-bond donors (Lipinski definition) is 0. The van der Waals surface area contributed by atoms with Crippen LogP contribution in [-0.2, 0) is 6.18 Å². The Kier molecular flexibility index (Phi) is 3.58. The molecular weight excluding hydrogens is 291 g/mol. The van der Waals surface area contributed by atoms with Crippen molar-refractivity contribution in [2.45, 2.75) is 6.18 Å². The first kappa shape index (κ1) is 14.2. The smallest absolute Gasteiger partial charge is 0.232 e. The van der Waals surface area contributed by atoms with Gasteiger partial charge in [0.15, 0.2) is 0 Å². The number of rotatable bonds is 2. The van der Waals surface area contributed by atoms with E-state index in [4.69, 9.17) is 0 Å². The Labute approximate surface area is 124 Å². The Morgan fingerprint density at radius 1 is 0.773 bits per heavy atom. The summed E-state index contributed by atoms with van der Waals surface area (Å²) in [7, 11) is 0. The average Bonchev–Trinajstić information content (AvgIpc) is 2.55. The predicted octanol–water partition coefficient (Wildman–Crippen LogP) is 4.22. The molecule has 0 atom stereocenters. The van der Waals surface area contributed by atoms with Crippen molar-refractivity contribution in [3.8, 4) is 22.5 Å². The third-order valence-electron chi connectivity index (χ3n) is 3.13. The van der Waals surface area contributed by atoms with Crippen LogP contribution in [0.2, 0.25) is 0 Å². The van der Waals surface area contributed by atoms with E-state index in [1.807, 2.05) is 30.3 Å². The van der Waals surface area contributed by atoms with Gasteiger partial charge in [-0.05, 0) is 12.1 Å². The lowest BCUT2D eigenvalue weighted by molar-refractivity contribution is -0.137. The van der Waals surface area contributed by atoms with Gasteiger partial charge >= 0.3 is 6.18 Å². The van der Waals surface area contributed by atoms with Crippen LogP contribution in [0, 0.1) is 0 Å². The van der Waals surface area contributed by atoms with E-state index >= 15 is 0 Å². The third kappa shape index (κ3) is 2.81. The normalized spacial score (nSPS) is 11.4. The van der Waals surface area contributed by atoms with Crippen molar-refractivity contribution in [3.63, 3.8) is 0 Å². The number of nitrogens with zero attached hydrogens (tertiary/aromatic N) is 3. The molecule has 0 spiro atoms. The first-order valence-corrected chi connectivity index (χ1v) is 6.46. The van der Waals surface area contributed by atoms with Gasteiger partial charge in [-0.25, -0.2) is 4.98 Å². The molecule has 0 radical (unpaired) electrons. The van der Waals surface area contributed by atoms with Crippen molar-refractivity contribution >= 4 is 0 Å². The monoisotopic (exact) mass is 301 g/mol. The standard InChI is InChI=1S/C16H10F3N3/c17-16(18,19)13-8-4-7-12(9-13)15-14(20-10-21-22-15)11-5-2-1-3-6-11/h1-10H. The molecule has 0 saturated carbocycles. The summed E-state index contributed by atoms with van der Waals surface area (Å²) in [6, 6.07) is 14.1. The molecule has 3 nitrogen and oxygen atoms in total. The molecule has 1 heterocycles. The summed E-state index contributed by atoms with van der Waals surface area (Å²) < 4.78 is 38.6. The van der Waals surface area contributed by atoms with Gasteiger partial charge in [-0.15, -0.1) is 10.2 Å². The molecule has 22 heavy (non-hydrogen) atoms. The van der Waals surface area contributed by atoms with Gasteiger partial charge in [0, 0.05) is 11.1 Å². The predicted molar refractivity (Wildman–Crippen MR) is 75.7 cm³/mol. The minimum absolute atomic E-state index is 0.319. The highest BCUT2D eigenvalue weighted by atomic mass is 19.4. The Balaban J connectivity index is 2.14. The maximum Gasteiger partial charge on any atom is 0.416 e. The summed E-state index contributed by atoms with van der Waals surface area (Å²) in [5.41, 5.74) is 1.18. The minimum atomic E-state index is -4.40. The lowest BCUT2D eigenvalue weighted by atomic mass is 10.0. The fraction of sp³-hybridized carbons (Fsp3) is 0.0625. The zero-order valence-corrected chi connectivity index (χ0v) is 11.2. The van der Waals surface area contributed by atoms with Crippen molar-refractivity contribution in [1.29, 1.82) is 0 Å². The molecule has 0 N–H and O–H groups in total. The highest BCUT2D eigenvalue weighted by Gasteiger charge is 2.30. The molecule has 0 unspecified atom stereocenters. The van der Waals surface area contributed by atoms with Gasteiger partial charge in [0.05, 0.1) is 5.56 Å². The molecule has 0 amide bonds. The zero-order chi connectivity index (χ0) is 15.6. The van der Waals surface area contributed by atoms with Gasteiger partial charge in [-0.1, -0.05) is 42.5 Å². The largest absolute Gasteiger partial charge is 0.416 e. The van der Waals surface area contributed by atoms with Gasteiger partial charge in [-0.3, -0.25) is 0 Å². The molecule has 3 aromatic rings. The second kappa shape index (κ2) is 5.55. The molecule has 110 valence electrons. The van der Waals surface area contributed by atoms with Crippen LogP contribution < -0.4 is 0 Å². The molecular formula is C16H10F3N3. The highest BCUT2D eigenvalue weighted by Crippen LogP contribution is 2.33. The summed E-state index contributed by atoms with van der Waals surface area (Å²) >= 11 is 0. The number of alkyl halides is 3. The van der Waals surface area contributed by atoms with Crippen LogP contribution in [0.15, 0.2) is 60.9 Å². The van der Waals surface area contributed by atoms with Crippen LogP contribution in [0.3, 0.4) is 0 Å². The van der Waals surface area contributed by atoms with Gasteiger partial charge in [0.2, 0.25) is 0 Å². The van der Waals surface area contributed by atoms with Crippen LogP contribution >= 0.6 is 0 Å². The molecule has 0 bridgehead atoms. The molecule has 3 rings (SSSR count). The minimum Gasteiger partial charge on any atom is -0.232 e. The summed E-state index contributed by atoms with van der Waals surface area (Å²) in [5, 5.41) is 7.67. The van der Waals surface area contributed by atoms with Gasteiger partial charge in [0.1, 0.15) is 17.7 Å². The second-order valence-electron chi connectivity index (χ2n) is 4.60. The topological polar surface area (TPSA) is 38.7 Å². The van der Waals surface area contributed by atoms with Crippen LogP contribution in [-0.4, -0.2) is 15.2 Å². The van der Waals surface area contributed by atoms with Gasteiger partial charge in [-0.2, -0.15) is 13.2 Å². The van der Waals surface area contributed by atoms with E-state index in [1.165, 1.54) is 12.4 Å². The van der Waals surface area contributed by atoms with Crippen LogP contribution in [0.5, 0.6) is 0 Å². The number of hydrogen-bond acceptors (Lipinski definition) is 3. The second-order valence-corrected chi connectivity index (χ2v) is 4.60. The molecule has 0 aliphatic rings. The van der Waals surface area contributed by atoms with Crippen LogP contribution in [0.25, 0.3) is 22.5 Å². The molecule has 6 heteroatoms. The molecule has 0 saturated heterocycles. The SMILES string of the molecule is FC(F)(F)c1cccc(-c2nncnc2-c2ccccc2)c1. The van der Waals surface area contributed by atoms with E-state index in [1.54, 1.807) is 6.07 Å². The average molecular weight is 301 g/mol. The number of halogens is 3. The van der Waals surface area contributed by atoms with Crippen molar-refractivity contribution < 1.29 is 13.2 Å². The molecule has 0 aliphatic heterocycles. The zero-order valence-electron chi connectivity index (χ0n) is 11.2. The van der Waals surface area contributed by atoms with Crippen molar-refractivity contribution in [2.24, 2.45) is 0 Å². The Bertz CT molecular complexity index is 786. The summed E-state index contributed by atoms with van der Waals surface area (Å²) in [6.45, 7) is 0. The summed E-state index contributed by atoms with van der Waals surface area (Å²) in [6.07, 6.45) is -3.13. The van der Waals surface area contributed by atoms with Crippen molar-refractivity contribution in [2.75, 3.05) is 0 Å². The highest BCUT2D eigenvalue weighted by molar-refractivity contribution is 5.77. The molecule has 2 aromatic carbocycles. The number of aromatic nitrogens is 3. The third-order valence-corrected chi connectivity index (χ3v) is 3.13. The van der Waals surface area contributed by atoms with E-state index in [0.717, 1.165) is 17.7 Å². The lowest BCUT2D eigenvalue weighted by Gasteiger charge is -2.10. The fourth-order valence-corrected chi connectivity index (χ4v) is 2.12. The first-order valence-electron chi connectivity index (χ1n) is 6.46. The Morgan fingerprint density at radius 2 is 1.50 bits per heavy atom. The molecule has 0 aliphatic carbocycles. The summed E-state index contributed by atoms with van der Waals surface area (Å²) in [5.74, 6) is 0. The van der Waals surface area contributed by atoms with Crippen LogP contribution in [0.4, 0.5) is 13.2 Å². The fourth-order valence-electron chi connectivity index (χ4n) is 2.12. The molecule has 1 aromatic heterocycles. The van der Waals surface area contributed by atoms with Gasteiger partial charge in [0.25, 0.3) is 0 Å². The summed E-state index contributed by atoms with van der Waals surface area (Å²) in [4.78, 5) is 4.16. The van der Waals surface area contributed by atoms with E-state index in [9.17, 15) is 13.2 Å².